The van der Waals surface area contributed by atoms with Crippen LogP contribution in [0.3, 0.4) is 0 Å². The molecule has 0 aliphatic carbocycles. The van der Waals surface area contributed by atoms with Gasteiger partial charge in [0.25, 0.3) is 0 Å². The Morgan fingerprint density at radius 2 is 1.79 bits per heavy atom. The summed E-state index contributed by atoms with van der Waals surface area (Å²) in [7, 11) is 0. The molecule has 2 aliphatic rings. The van der Waals surface area contributed by atoms with Crippen LogP contribution >= 0.6 is 0 Å². The summed E-state index contributed by atoms with van der Waals surface area (Å²) in [5, 5.41) is 3.71. The van der Waals surface area contributed by atoms with Crippen molar-refractivity contribution in [3.8, 4) is 0 Å². The van der Waals surface area contributed by atoms with E-state index < -0.39 is 0 Å². The molecule has 0 bridgehead atoms. The van der Waals surface area contributed by atoms with E-state index in [9.17, 15) is 0 Å². The number of hydrogen-bond donors (Lipinski definition) is 1. The predicted octanol–water partition coefficient (Wildman–Crippen LogP) is 2.18. The van der Waals surface area contributed by atoms with Gasteiger partial charge in [-0.15, -0.1) is 0 Å². The van der Waals surface area contributed by atoms with Crippen molar-refractivity contribution in [1.29, 1.82) is 0 Å². The van der Waals surface area contributed by atoms with Crippen LogP contribution in [0.2, 0.25) is 0 Å². The molecule has 0 amide bonds. The van der Waals surface area contributed by atoms with Crippen LogP contribution in [-0.2, 0) is 0 Å². The van der Waals surface area contributed by atoms with Gasteiger partial charge in [0.15, 0.2) is 0 Å². The van der Waals surface area contributed by atoms with Crippen LogP contribution in [0.4, 0.5) is 0 Å². The van der Waals surface area contributed by atoms with Gasteiger partial charge in [-0.05, 0) is 77.3 Å². The Labute approximate surface area is 119 Å². The van der Waals surface area contributed by atoms with Crippen LogP contribution in [0.15, 0.2) is 0 Å². The molecule has 112 valence electrons. The molecule has 2 rings (SSSR count). The highest BCUT2D eigenvalue weighted by atomic mass is 15.2. The molecule has 2 saturated heterocycles. The first kappa shape index (κ1) is 15.3. The second-order valence-electron chi connectivity index (χ2n) is 6.53. The molecule has 2 unspecified atom stereocenters. The van der Waals surface area contributed by atoms with Crippen molar-refractivity contribution in [2.24, 2.45) is 5.92 Å². The number of nitrogens with zero attached hydrogens (tertiary/aromatic N) is 2. The quantitative estimate of drug-likeness (QED) is 0.763. The molecule has 0 spiro atoms. The van der Waals surface area contributed by atoms with E-state index in [4.69, 9.17) is 0 Å². The molecule has 19 heavy (non-hydrogen) atoms. The molecule has 0 aromatic rings. The number of piperidine rings is 1. The van der Waals surface area contributed by atoms with Gasteiger partial charge in [0, 0.05) is 12.6 Å². The second kappa shape index (κ2) is 8.23. The van der Waals surface area contributed by atoms with E-state index in [2.05, 4.69) is 29.0 Å². The fourth-order valence-electron chi connectivity index (χ4n) is 3.59. The topological polar surface area (TPSA) is 18.5 Å². The molecule has 3 heteroatoms. The smallest absolute Gasteiger partial charge is 0.0117 e. The maximum atomic E-state index is 3.71. The van der Waals surface area contributed by atoms with E-state index in [0.29, 0.717) is 0 Å². The average molecular weight is 267 g/mol. The Bertz CT molecular complexity index is 238. The van der Waals surface area contributed by atoms with Gasteiger partial charge < -0.3 is 15.1 Å². The number of likely N-dealkylation sites (tertiary alicyclic amines) is 2. The largest absolute Gasteiger partial charge is 0.314 e. The summed E-state index contributed by atoms with van der Waals surface area (Å²) in [5.41, 5.74) is 0. The van der Waals surface area contributed by atoms with Crippen LogP contribution in [0, 0.1) is 5.92 Å². The Morgan fingerprint density at radius 1 is 1.05 bits per heavy atom. The van der Waals surface area contributed by atoms with Gasteiger partial charge in [-0.25, -0.2) is 0 Å². The summed E-state index contributed by atoms with van der Waals surface area (Å²) in [6.07, 6.45) is 6.80. The molecule has 3 nitrogen and oxygen atoms in total. The molecule has 2 atom stereocenters. The summed E-state index contributed by atoms with van der Waals surface area (Å²) in [5.74, 6) is 0.812. The summed E-state index contributed by atoms with van der Waals surface area (Å²) < 4.78 is 0. The van der Waals surface area contributed by atoms with Crippen molar-refractivity contribution in [2.45, 2.75) is 52.0 Å². The number of rotatable bonds is 7. The fourth-order valence-corrected chi connectivity index (χ4v) is 3.59. The van der Waals surface area contributed by atoms with Gasteiger partial charge in [-0.3, -0.25) is 0 Å². The minimum atomic E-state index is 0.759. The van der Waals surface area contributed by atoms with Crippen molar-refractivity contribution in [3.63, 3.8) is 0 Å². The number of nitrogens with one attached hydrogen (secondary N) is 1. The molecule has 2 fully saturated rings. The van der Waals surface area contributed by atoms with Crippen LogP contribution in [0.25, 0.3) is 0 Å². The highest BCUT2D eigenvalue weighted by Gasteiger charge is 2.25. The zero-order chi connectivity index (χ0) is 13.5. The molecular formula is C16H33N3. The van der Waals surface area contributed by atoms with Gasteiger partial charge in [-0.1, -0.05) is 13.8 Å². The van der Waals surface area contributed by atoms with Gasteiger partial charge in [-0.2, -0.15) is 0 Å². The van der Waals surface area contributed by atoms with Crippen LogP contribution in [0.5, 0.6) is 0 Å². The van der Waals surface area contributed by atoms with E-state index in [1.54, 1.807) is 0 Å². The monoisotopic (exact) mass is 267 g/mol. The third-order valence-electron chi connectivity index (χ3n) is 4.79. The van der Waals surface area contributed by atoms with E-state index in [-0.39, 0.29) is 0 Å². The zero-order valence-electron chi connectivity index (χ0n) is 13.0. The molecule has 0 radical (unpaired) electrons. The summed E-state index contributed by atoms with van der Waals surface area (Å²) in [6.45, 7) is 13.8. The molecule has 0 aromatic carbocycles. The molecule has 0 saturated carbocycles. The van der Waals surface area contributed by atoms with Crippen LogP contribution in [0.1, 0.15) is 46.0 Å². The predicted molar refractivity (Wildman–Crippen MR) is 82.6 cm³/mol. The first-order valence-electron chi connectivity index (χ1n) is 8.47. The van der Waals surface area contributed by atoms with Gasteiger partial charge >= 0.3 is 0 Å². The highest BCUT2D eigenvalue weighted by molar-refractivity contribution is 4.82. The lowest BCUT2D eigenvalue weighted by Gasteiger charge is -2.37. The van der Waals surface area contributed by atoms with Gasteiger partial charge in [0.05, 0.1) is 0 Å². The summed E-state index contributed by atoms with van der Waals surface area (Å²) >= 11 is 0. The molecule has 0 aromatic heterocycles. The van der Waals surface area contributed by atoms with Crippen molar-refractivity contribution in [2.75, 3.05) is 45.8 Å². The minimum absolute atomic E-state index is 0.759. The average Bonchev–Trinajstić information content (AvgIpc) is 2.91. The maximum absolute atomic E-state index is 3.71. The van der Waals surface area contributed by atoms with Crippen molar-refractivity contribution in [1.82, 2.24) is 15.1 Å². The number of hydrogen-bond acceptors (Lipinski definition) is 3. The first-order chi connectivity index (χ1) is 9.29. The van der Waals surface area contributed by atoms with Gasteiger partial charge in [0.2, 0.25) is 0 Å². The Balaban J connectivity index is 1.58. The van der Waals surface area contributed by atoms with Crippen molar-refractivity contribution < 1.29 is 0 Å². The Morgan fingerprint density at radius 3 is 2.47 bits per heavy atom. The highest BCUT2D eigenvalue weighted by Crippen LogP contribution is 2.17. The lowest BCUT2D eigenvalue weighted by atomic mass is 9.93. The molecule has 1 N–H and O–H groups in total. The second-order valence-corrected chi connectivity index (χ2v) is 6.53. The zero-order valence-corrected chi connectivity index (χ0v) is 13.0. The lowest BCUT2D eigenvalue weighted by molar-refractivity contribution is 0.141. The third-order valence-corrected chi connectivity index (χ3v) is 4.79. The Kier molecular flexibility index (Phi) is 6.62. The molecule has 2 heterocycles. The standard InChI is InChI=1S/C16H33N3/c1-3-8-17-16-7-13-19(14-15(16)2)12-6-11-18-9-4-5-10-18/h15-17H,3-14H2,1-2H3. The van der Waals surface area contributed by atoms with Crippen molar-refractivity contribution >= 4 is 0 Å². The molecule has 2 aliphatic heterocycles. The first-order valence-corrected chi connectivity index (χ1v) is 8.47. The van der Waals surface area contributed by atoms with Gasteiger partial charge in [0.1, 0.15) is 0 Å². The molecular weight excluding hydrogens is 234 g/mol. The fraction of sp³-hybridized carbons (Fsp3) is 1.00. The third kappa shape index (κ3) is 5.05. The maximum Gasteiger partial charge on any atom is 0.0117 e. The SMILES string of the molecule is CCCNC1CCN(CCCN2CCCC2)CC1C. The Hall–Kier alpha value is -0.120. The minimum Gasteiger partial charge on any atom is -0.314 e. The van der Waals surface area contributed by atoms with Crippen LogP contribution < -0.4 is 5.32 Å². The van der Waals surface area contributed by atoms with Crippen molar-refractivity contribution in [3.05, 3.63) is 0 Å². The van der Waals surface area contributed by atoms with E-state index >= 15 is 0 Å². The normalized spacial score (nSPS) is 30.0. The van der Waals surface area contributed by atoms with E-state index in [1.165, 1.54) is 77.9 Å². The van der Waals surface area contributed by atoms with Crippen LogP contribution in [-0.4, -0.2) is 61.7 Å². The lowest BCUT2D eigenvalue weighted by Crippen LogP contribution is -2.48. The van der Waals surface area contributed by atoms with E-state index in [1.807, 2.05) is 0 Å². The van der Waals surface area contributed by atoms with E-state index in [0.717, 1.165) is 12.0 Å². The summed E-state index contributed by atoms with van der Waals surface area (Å²) in [4.78, 5) is 5.32. The summed E-state index contributed by atoms with van der Waals surface area (Å²) in [6, 6.07) is 0.759.